The first kappa shape index (κ1) is 17.4. The molecular formula is C14H15IO4. The lowest BCUT2D eigenvalue weighted by Crippen LogP contribution is -1.78. The topological polar surface area (TPSA) is 74.6 Å². The van der Waals surface area contributed by atoms with E-state index in [0.29, 0.717) is 0 Å². The van der Waals surface area contributed by atoms with Crippen molar-refractivity contribution >= 4 is 45.3 Å². The molecule has 2 N–H and O–H groups in total. The van der Waals surface area contributed by atoms with Crippen molar-refractivity contribution in [1.29, 1.82) is 0 Å². The van der Waals surface area contributed by atoms with Gasteiger partial charge in [-0.1, -0.05) is 36.4 Å². The van der Waals surface area contributed by atoms with E-state index in [0.717, 1.165) is 13.8 Å². The van der Waals surface area contributed by atoms with Gasteiger partial charge in [0.15, 0.2) is 0 Å². The fourth-order valence-corrected chi connectivity index (χ4v) is 1.88. The van der Waals surface area contributed by atoms with Crippen molar-refractivity contribution in [3.05, 3.63) is 46.0 Å². The second-order valence-electron chi connectivity index (χ2n) is 3.50. The Morgan fingerprint density at radius 3 is 1.79 bits per heavy atom. The standard InChI is InChI=1S/C10H7I.2C2H4O2/c11-10-7-3-5-8-4-1-2-6-9(8)10;2*1-2(3)4/h1-7H;2*1H3,(H,3,4). The van der Waals surface area contributed by atoms with Crippen LogP contribution in [0.15, 0.2) is 42.5 Å². The van der Waals surface area contributed by atoms with Crippen molar-refractivity contribution in [3.63, 3.8) is 0 Å². The van der Waals surface area contributed by atoms with Crippen LogP contribution in [-0.2, 0) is 9.59 Å². The third kappa shape index (κ3) is 9.01. The fourth-order valence-electron chi connectivity index (χ4n) is 1.19. The van der Waals surface area contributed by atoms with Crippen LogP contribution in [0.5, 0.6) is 0 Å². The molecule has 0 atom stereocenters. The first-order valence-electron chi connectivity index (χ1n) is 5.37. The Labute approximate surface area is 125 Å². The van der Waals surface area contributed by atoms with Crippen LogP contribution in [0.3, 0.4) is 0 Å². The predicted octanol–water partition coefficient (Wildman–Crippen LogP) is 3.63. The van der Waals surface area contributed by atoms with Crippen molar-refractivity contribution in [2.24, 2.45) is 0 Å². The fraction of sp³-hybridized carbons (Fsp3) is 0.143. The first-order chi connectivity index (χ1) is 8.84. The highest BCUT2D eigenvalue weighted by Crippen LogP contribution is 2.19. The van der Waals surface area contributed by atoms with E-state index in [1.807, 2.05) is 0 Å². The van der Waals surface area contributed by atoms with E-state index in [9.17, 15) is 0 Å². The van der Waals surface area contributed by atoms with Gasteiger partial charge in [0.25, 0.3) is 11.9 Å². The zero-order valence-corrected chi connectivity index (χ0v) is 12.8. The summed E-state index contributed by atoms with van der Waals surface area (Å²) in [6.45, 7) is 2.17. The van der Waals surface area contributed by atoms with Gasteiger partial charge in [-0.05, 0) is 39.4 Å². The summed E-state index contributed by atoms with van der Waals surface area (Å²) in [5.41, 5.74) is 0. The average Bonchev–Trinajstić information content (AvgIpc) is 2.28. The summed E-state index contributed by atoms with van der Waals surface area (Å²) < 4.78 is 1.32. The SMILES string of the molecule is CC(=O)O.CC(=O)O.Ic1cccc2ccccc12. The predicted molar refractivity (Wildman–Crippen MR) is 83.3 cm³/mol. The van der Waals surface area contributed by atoms with Gasteiger partial charge >= 0.3 is 0 Å². The number of carboxylic acid groups (broad SMARTS) is 2. The van der Waals surface area contributed by atoms with Crippen LogP contribution in [0.1, 0.15) is 13.8 Å². The molecule has 0 saturated carbocycles. The van der Waals surface area contributed by atoms with Gasteiger partial charge in [0.05, 0.1) is 0 Å². The maximum atomic E-state index is 9.00. The Morgan fingerprint density at radius 1 is 0.895 bits per heavy atom. The van der Waals surface area contributed by atoms with Crippen molar-refractivity contribution in [1.82, 2.24) is 0 Å². The first-order valence-corrected chi connectivity index (χ1v) is 6.44. The number of carbonyl (C=O) groups is 2. The summed E-state index contributed by atoms with van der Waals surface area (Å²) in [6, 6.07) is 14.8. The average molecular weight is 374 g/mol. The lowest BCUT2D eigenvalue weighted by molar-refractivity contribution is -0.135. The molecule has 0 amide bonds. The van der Waals surface area contributed by atoms with Crippen LogP contribution in [-0.4, -0.2) is 22.2 Å². The van der Waals surface area contributed by atoms with E-state index in [-0.39, 0.29) is 0 Å². The molecule has 0 heterocycles. The van der Waals surface area contributed by atoms with Crippen molar-refractivity contribution in [3.8, 4) is 0 Å². The van der Waals surface area contributed by atoms with Gasteiger partial charge in [0.1, 0.15) is 0 Å². The maximum absolute atomic E-state index is 9.00. The Morgan fingerprint density at radius 2 is 1.32 bits per heavy atom. The van der Waals surface area contributed by atoms with E-state index < -0.39 is 11.9 Å². The summed E-state index contributed by atoms with van der Waals surface area (Å²) >= 11 is 2.36. The van der Waals surface area contributed by atoms with Gasteiger partial charge in [-0.25, -0.2) is 0 Å². The number of hydrogen-bond acceptors (Lipinski definition) is 2. The molecular weight excluding hydrogens is 359 g/mol. The molecule has 19 heavy (non-hydrogen) atoms. The smallest absolute Gasteiger partial charge is 0.300 e. The molecule has 0 bridgehead atoms. The van der Waals surface area contributed by atoms with Crippen LogP contribution < -0.4 is 0 Å². The van der Waals surface area contributed by atoms with Crippen molar-refractivity contribution < 1.29 is 19.8 Å². The maximum Gasteiger partial charge on any atom is 0.300 e. The molecule has 2 aromatic carbocycles. The summed E-state index contributed by atoms with van der Waals surface area (Å²) in [5, 5.41) is 17.5. The number of aliphatic carboxylic acids is 2. The van der Waals surface area contributed by atoms with E-state index in [1.54, 1.807) is 0 Å². The second kappa shape index (κ2) is 9.32. The molecule has 0 saturated heterocycles. The number of hydrogen-bond donors (Lipinski definition) is 2. The molecule has 0 radical (unpaired) electrons. The summed E-state index contributed by atoms with van der Waals surface area (Å²) in [4.78, 5) is 18.0. The Balaban J connectivity index is 0.000000342. The third-order valence-electron chi connectivity index (χ3n) is 1.74. The number of rotatable bonds is 0. The highest BCUT2D eigenvalue weighted by atomic mass is 127. The Bertz CT molecular complexity index is 527. The highest BCUT2D eigenvalue weighted by molar-refractivity contribution is 14.1. The lowest BCUT2D eigenvalue weighted by Gasteiger charge is -1.97. The molecule has 0 unspecified atom stereocenters. The lowest BCUT2D eigenvalue weighted by atomic mass is 10.1. The van der Waals surface area contributed by atoms with Gasteiger partial charge in [-0.15, -0.1) is 0 Å². The highest BCUT2D eigenvalue weighted by Gasteiger charge is 1.93. The minimum atomic E-state index is -0.833. The third-order valence-corrected chi connectivity index (χ3v) is 2.68. The van der Waals surface area contributed by atoms with Crippen LogP contribution >= 0.6 is 22.6 Å². The summed E-state index contributed by atoms with van der Waals surface area (Å²) in [6.07, 6.45) is 0. The van der Waals surface area contributed by atoms with Crippen LogP contribution in [0.4, 0.5) is 0 Å². The van der Waals surface area contributed by atoms with Gasteiger partial charge in [-0.3, -0.25) is 9.59 Å². The molecule has 0 spiro atoms. The van der Waals surface area contributed by atoms with E-state index >= 15 is 0 Å². The van der Waals surface area contributed by atoms with E-state index in [4.69, 9.17) is 19.8 Å². The van der Waals surface area contributed by atoms with Crippen LogP contribution in [0, 0.1) is 3.57 Å². The van der Waals surface area contributed by atoms with Crippen LogP contribution in [0.2, 0.25) is 0 Å². The number of carboxylic acids is 2. The molecule has 0 fully saturated rings. The van der Waals surface area contributed by atoms with Gasteiger partial charge in [0, 0.05) is 17.4 Å². The van der Waals surface area contributed by atoms with E-state index in [2.05, 4.69) is 65.1 Å². The largest absolute Gasteiger partial charge is 0.481 e. The summed E-state index contributed by atoms with van der Waals surface area (Å²) in [7, 11) is 0. The zero-order chi connectivity index (χ0) is 14.8. The monoisotopic (exact) mass is 374 g/mol. The number of fused-ring (bicyclic) bond motifs is 1. The van der Waals surface area contributed by atoms with Gasteiger partial charge in [-0.2, -0.15) is 0 Å². The molecule has 0 aromatic heterocycles. The quantitative estimate of drug-likeness (QED) is 0.691. The molecule has 4 nitrogen and oxygen atoms in total. The number of benzene rings is 2. The minimum absolute atomic E-state index is 0.833. The molecule has 0 aliphatic heterocycles. The molecule has 2 aromatic rings. The zero-order valence-electron chi connectivity index (χ0n) is 10.6. The number of halogens is 1. The normalized spacial score (nSPS) is 8.58. The second-order valence-corrected chi connectivity index (χ2v) is 4.66. The molecule has 0 aliphatic rings. The van der Waals surface area contributed by atoms with Gasteiger partial charge < -0.3 is 10.2 Å². The summed E-state index contributed by atoms with van der Waals surface area (Å²) in [5.74, 6) is -1.67. The Hall–Kier alpha value is -1.63. The molecule has 2 rings (SSSR count). The Kier molecular flexibility index (Phi) is 8.52. The molecule has 0 aliphatic carbocycles. The van der Waals surface area contributed by atoms with Crippen molar-refractivity contribution in [2.45, 2.75) is 13.8 Å². The molecule has 102 valence electrons. The van der Waals surface area contributed by atoms with Crippen molar-refractivity contribution in [2.75, 3.05) is 0 Å². The molecule has 5 heteroatoms. The minimum Gasteiger partial charge on any atom is -0.481 e. The van der Waals surface area contributed by atoms with E-state index in [1.165, 1.54) is 14.3 Å². The van der Waals surface area contributed by atoms with Gasteiger partial charge in [0.2, 0.25) is 0 Å². The van der Waals surface area contributed by atoms with Crippen LogP contribution in [0.25, 0.3) is 10.8 Å².